The maximum atomic E-state index is 12.7. The molecule has 0 aliphatic carbocycles. The lowest BCUT2D eigenvalue weighted by Crippen LogP contribution is -2.14. The van der Waals surface area contributed by atoms with Crippen molar-refractivity contribution >= 4 is 37.3 Å². The number of anilines is 1. The molecule has 1 heterocycles. The molecule has 0 amide bonds. The normalized spacial score (nSPS) is 11.6. The predicted molar refractivity (Wildman–Crippen MR) is 100 cm³/mol. The standard InChI is InChI=1S/C17H18N2O4S2/c1-4-19-14-7-6-12(10-16(14)24-17(19)20)25(21,22)18-13-9-11(2)5-8-15(13)23-3/h5-10,18H,4H2,1-3H3. The number of nitrogens with zero attached hydrogens (tertiary/aromatic N) is 1. The maximum Gasteiger partial charge on any atom is 0.308 e. The Kier molecular flexibility index (Phi) is 4.57. The van der Waals surface area contributed by atoms with Gasteiger partial charge in [0.1, 0.15) is 5.75 Å². The fraction of sp³-hybridized carbons (Fsp3) is 0.235. The topological polar surface area (TPSA) is 77.4 Å². The van der Waals surface area contributed by atoms with Gasteiger partial charge in [-0.05, 0) is 49.7 Å². The summed E-state index contributed by atoms with van der Waals surface area (Å²) in [6.07, 6.45) is 0. The molecular formula is C17H18N2O4S2. The smallest absolute Gasteiger partial charge is 0.308 e. The number of rotatable bonds is 5. The van der Waals surface area contributed by atoms with Crippen molar-refractivity contribution in [2.45, 2.75) is 25.3 Å². The summed E-state index contributed by atoms with van der Waals surface area (Å²) >= 11 is 1.04. The first kappa shape index (κ1) is 17.5. The van der Waals surface area contributed by atoms with Crippen molar-refractivity contribution in [2.24, 2.45) is 0 Å². The summed E-state index contributed by atoms with van der Waals surface area (Å²) in [6, 6.07) is 9.96. The summed E-state index contributed by atoms with van der Waals surface area (Å²) < 4.78 is 35.5. The van der Waals surface area contributed by atoms with Crippen LogP contribution < -0.4 is 14.3 Å². The lowest BCUT2D eigenvalue weighted by atomic mass is 10.2. The first-order valence-corrected chi connectivity index (χ1v) is 9.96. The van der Waals surface area contributed by atoms with E-state index in [0.29, 0.717) is 22.7 Å². The fourth-order valence-corrected chi connectivity index (χ4v) is 4.77. The Morgan fingerprint density at radius 1 is 1.20 bits per heavy atom. The zero-order valence-electron chi connectivity index (χ0n) is 14.1. The predicted octanol–water partition coefficient (Wildman–Crippen LogP) is 3.20. The second kappa shape index (κ2) is 6.53. The summed E-state index contributed by atoms with van der Waals surface area (Å²) in [5.74, 6) is 0.442. The van der Waals surface area contributed by atoms with Crippen LogP contribution in [-0.4, -0.2) is 20.1 Å². The molecular weight excluding hydrogens is 360 g/mol. The molecule has 0 atom stereocenters. The summed E-state index contributed by atoms with van der Waals surface area (Å²) in [4.78, 5) is 12.0. The molecule has 2 aromatic carbocycles. The molecule has 0 saturated carbocycles. The van der Waals surface area contributed by atoms with Crippen molar-refractivity contribution < 1.29 is 13.2 Å². The van der Waals surface area contributed by atoms with Gasteiger partial charge in [-0.2, -0.15) is 0 Å². The highest BCUT2D eigenvalue weighted by Gasteiger charge is 2.18. The molecule has 0 fully saturated rings. The third-order valence-electron chi connectivity index (χ3n) is 3.87. The Labute approximate surface area is 149 Å². The van der Waals surface area contributed by atoms with Crippen LogP contribution >= 0.6 is 11.3 Å². The second-order valence-corrected chi connectivity index (χ2v) is 8.23. The van der Waals surface area contributed by atoms with Gasteiger partial charge in [0.05, 0.1) is 27.9 Å². The zero-order valence-corrected chi connectivity index (χ0v) is 15.7. The van der Waals surface area contributed by atoms with Crippen LogP contribution in [0.2, 0.25) is 0 Å². The molecule has 6 nitrogen and oxygen atoms in total. The Bertz CT molecular complexity index is 1100. The van der Waals surface area contributed by atoms with E-state index < -0.39 is 10.0 Å². The number of fused-ring (bicyclic) bond motifs is 1. The molecule has 0 saturated heterocycles. The summed E-state index contributed by atoms with van der Waals surface area (Å²) in [6.45, 7) is 4.29. The first-order chi connectivity index (χ1) is 11.9. The third-order valence-corrected chi connectivity index (χ3v) is 6.17. The van der Waals surface area contributed by atoms with Crippen LogP contribution in [0.5, 0.6) is 5.75 Å². The van der Waals surface area contributed by atoms with Crippen LogP contribution in [0.25, 0.3) is 10.2 Å². The van der Waals surface area contributed by atoms with Crippen molar-refractivity contribution in [3.63, 3.8) is 0 Å². The van der Waals surface area contributed by atoms with Gasteiger partial charge in [-0.1, -0.05) is 17.4 Å². The number of methoxy groups -OCH3 is 1. The van der Waals surface area contributed by atoms with E-state index in [0.717, 1.165) is 22.4 Å². The summed E-state index contributed by atoms with van der Waals surface area (Å²) in [5.41, 5.74) is 2.03. The Morgan fingerprint density at radius 2 is 1.96 bits per heavy atom. The fourth-order valence-electron chi connectivity index (χ4n) is 2.62. The maximum absolute atomic E-state index is 12.7. The van der Waals surface area contributed by atoms with Crippen LogP contribution in [0.15, 0.2) is 46.1 Å². The molecule has 0 bridgehead atoms. The van der Waals surface area contributed by atoms with Gasteiger partial charge in [0.2, 0.25) is 0 Å². The Hall–Kier alpha value is -2.32. The molecule has 1 aromatic heterocycles. The molecule has 3 aromatic rings. The Morgan fingerprint density at radius 3 is 2.64 bits per heavy atom. The van der Waals surface area contributed by atoms with E-state index in [-0.39, 0.29) is 9.77 Å². The quantitative estimate of drug-likeness (QED) is 0.740. The lowest BCUT2D eigenvalue weighted by molar-refractivity contribution is 0.417. The van der Waals surface area contributed by atoms with Crippen molar-refractivity contribution in [3.8, 4) is 5.75 Å². The molecule has 8 heteroatoms. The minimum Gasteiger partial charge on any atom is -0.495 e. The van der Waals surface area contributed by atoms with E-state index in [4.69, 9.17) is 4.74 Å². The van der Waals surface area contributed by atoms with Crippen molar-refractivity contribution in [1.82, 2.24) is 4.57 Å². The van der Waals surface area contributed by atoms with E-state index in [9.17, 15) is 13.2 Å². The van der Waals surface area contributed by atoms with Crippen molar-refractivity contribution in [3.05, 3.63) is 51.6 Å². The number of aryl methyl sites for hydroxylation is 2. The highest BCUT2D eigenvalue weighted by molar-refractivity contribution is 7.92. The summed E-state index contributed by atoms with van der Waals surface area (Å²) in [5, 5.41) is 0. The van der Waals surface area contributed by atoms with Crippen LogP contribution in [0.3, 0.4) is 0 Å². The van der Waals surface area contributed by atoms with Gasteiger partial charge < -0.3 is 4.74 Å². The minimum absolute atomic E-state index is 0.0969. The Balaban J connectivity index is 2.05. The van der Waals surface area contributed by atoms with Crippen LogP contribution in [0.4, 0.5) is 5.69 Å². The molecule has 0 radical (unpaired) electrons. The van der Waals surface area contributed by atoms with E-state index >= 15 is 0 Å². The van der Waals surface area contributed by atoms with E-state index in [1.807, 2.05) is 19.9 Å². The molecule has 1 N–H and O–H groups in total. The molecule has 0 aliphatic heterocycles. The van der Waals surface area contributed by atoms with Crippen molar-refractivity contribution in [2.75, 3.05) is 11.8 Å². The van der Waals surface area contributed by atoms with Crippen molar-refractivity contribution in [1.29, 1.82) is 0 Å². The second-order valence-electron chi connectivity index (χ2n) is 5.55. The van der Waals surface area contributed by atoms with E-state index in [1.165, 1.54) is 19.2 Å². The number of thiazole rings is 1. The average molecular weight is 378 g/mol. The third kappa shape index (κ3) is 3.27. The van der Waals surface area contributed by atoms with Gasteiger partial charge in [-0.3, -0.25) is 14.1 Å². The highest BCUT2D eigenvalue weighted by atomic mass is 32.2. The van der Waals surface area contributed by atoms with Crippen LogP contribution in [-0.2, 0) is 16.6 Å². The SMILES string of the molecule is CCn1c(=O)sc2cc(S(=O)(=O)Nc3cc(C)ccc3OC)ccc21. The molecule has 3 rings (SSSR count). The summed E-state index contributed by atoms with van der Waals surface area (Å²) in [7, 11) is -2.31. The number of hydrogen-bond acceptors (Lipinski definition) is 5. The number of hydrogen-bond donors (Lipinski definition) is 1. The molecule has 0 spiro atoms. The first-order valence-electron chi connectivity index (χ1n) is 7.66. The van der Waals surface area contributed by atoms with Gasteiger partial charge in [-0.25, -0.2) is 8.42 Å². The van der Waals surface area contributed by atoms with Gasteiger partial charge in [0.25, 0.3) is 10.0 Å². The number of benzene rings is 2. The molecule has 0 unspecified atom stereocenters. The van der Waals surface area contributed by atoms with E-state index in [1.54, 1.807) is 22.8 Å². The number of sulfonamides is 1. The van der Waals surface area contributed by atoms with Gasteiger partial charge in [0.15, 0.2) is 0 Å². The largest absolute Gasteiger partial charge is 0.495 e. The van der Waals surface area contributed by atoms with Crippen LogP contribution in [0, 0.1) is 6.92 Å². The molecule has 0 aliphatic rings. The van der Waals surface area contributed by atoms with Gasteiger partial charge in [-0.15, -0.1) is 0 Å². The van der Waals surface area contributed by atoms with Gasteiger partial charge in [0, 0.05) is 6.54 Å². The highest BCUT2D eigenvalue weighted by Crippen LogP contribution is 2.29. The van der Waals surface area contributed by atoms with E-state index in [2.05, 4.69) is 4.72 Å². The number of nitrogens with one attached hydrogen (secondary N) is 1. The zero-order chi connectivity index (χ0) is 18.2. The monoisotopic (exact) mass is 378 g/mol. The molecule has 132 valence electrons. The minimum atomic E-state index is -3.80. The number of ether oxygens (including phenoxy) is 1. The lowest BCUT2D eigenvalue weighted by Gasteiger charge is -2.12. The van der Waals surface area contributed by atoms with Crippen LogP contribution in [0.1, 0.15) is 12.5 Å². The average Bonchev–Trinajstić information content (AvgIpc) is 2.88. The molecule has 25 heavy (non-hydrogen) atoms. The van der Waals surface area contributed by atoms with Gasteiger partial charge >= 0.3 is 4.87 Å². The number of aromatic nitrogens is 1.